The van der Waals surface area contributed by atoms with Crippen LogP contribution in [0.5, 0.6) is 0 Å². The largest absolute Gasteiger partial charge is 0.266 e. The molecule has 0 N–H and O–H groups in total. The number of rotatable bonds is 5. The van der Waals surface area contributed by atoms with Gasteiger partial charge >= 0.3 is 0 Å². The average Bonchev–Trinajstić information content (AvgIpc) is 3.48. The molecule has 1 atom stereocenters. The summed E-state index contributed by atoms with van der Waals surface area (Å²) in [6, 6.07) is 17.0. The van der Waals surface area contributed by atoms with Crippen molar-refractivity contribution in [1.29, 1.82) is 0 Å². The summed E-state index contributed by atoms with van der Waals surface area (Å²) in [4.78, 5) is 4.92. The number of halogens is 1. The quantitative estimate of drug-likeness (QED) is 0.253. The second-order valence-electron chi connectivity index (χ2n) is 8.05. The van der Waals surface area contributed by atoms with Crippen molar-refractivity contribution in [2.24, 2.45) is 0 Å². The normalized spacial score (nSPS) is 19.1. The third-order valence-electron chi connectivity index (χ3n) is 6.04. The minimum atomic E-state index is -3.76. The third kappa shape index (κ3) is 3.96. The summed E-state index contributed by atoms with van der Waals surface area (Å²) in [6.07, 6.45) is 3.89. The highest BCUT2D eigenvalue weighted by Crippen LogP contribution is 2.42. The Morgan fingerprint density at radius 1 is 0.818 bits per heavy atom. The molecule has 0 spiro atoms. The molecule has 1 saturated heterocycles. The summed E-state index contributed by atoms with van der Waals surface area (Å²) in [5.74, 6) is 0.421. The van der Waals surface area contributed by atoms with Crippen molar-refractivity contribution in [3.8, 4) is 11.1 Å². The fraction of sp³-hybridized carbons (Fsp3) is 0.261. The van der Waals surface area contributed by atoms with Crippen LogP contribution in [0, 0.1) is 0 Å². The first-order valence-electron chi connectivity index (χ1n) is 10.6. The fourth-order valence-electron chi connectivity index (χ4n) is 4.38. The lowest BCUT2D eigenvalue weighted by Gasteiger charge is -2.22. The number of nitrogens with zero attached hydrogens (tertiary/aromatic N) is 3. The molecule has 0 aliphatic carbocycles. The Labute approximate surface area is 207 Å². The Bertz CT molecular complexity index is 1390. The number of fused-ring (bicyclic) bond motifs is 1. The molecule has 172 valence electrons. The molecule has 7 nitrogen and oxygen atoms in total. The van der Waals surface area contributed by atoms with Gasteiger partial charge in [0.05, 0.1) is 9.79 Å². The van der Waals surface area contributed by atoms with Gasteiger partial charge in [0.2, 0.25) is 10.0 Å². The van der Waals surface area contributed by atoms with Gasteiger partial charge in [0.15, 0.2) is 0 Å². The maximum absolute atomic E-state index is 13.3. The zero-order valence-electron chi connectivity index (χ0n) is 17.6. The standard InChI is InChI=1S/C23H22IN3O4S2/c24-22-16-21-20(17-8-10-19(11-9-17)32(28,29)26-14-4-5-15-26)12-13-25-23(21)27(22)33(30,31)18-6-2-1-3-7-18/h1-3,6-13,22H,4-5,14-16H2. The number of hydrogen-bond acceptors (Lipinski definition) is 5. The van der Waals surface area contributed by atoms with Gasteiger partial charge in [-0.1, -0.05) is 52.9 Å². The van der Waals surface area contributed by atoms with Crippen LogP contribution in [0.2, 0.25) is 0 Å². The molecule has 3 aromatic rings. The Kier molecular flexibility index (Phi) is 5.96. The van der Waals surface area contributed by atoms with Gasteiger partial charge < -0.3 is 0 Å². The Balaban J connectivity index is 1.52. The topological polar surface area (TPSA) is 87.6 Å². The number of alkyl halides is 1. The van der Waals surface area contributed by atoms with Crippen LogP contribution in [0.3, 0.4) is 0 Å². The number of benzene rings is 2. The van der Waals surface area contributed by atoms with Crippen molar-refractivity contribution in [2.75, 3.05) is 17.4 Å². The lowest BCUT2D eigenvalue weighted by molar-refractivity contribution is 0.477. The lowest BCUT2D eigenvalue weighted by Crippen LogP contribution is -2.34. The summed E-state index contributed by atoms with van der Waals surface area (Å²) < 4.78 is 55.0. The molecule has 3 heterocycles. The van der Waals surface area contributed by atoms with E-state index in [1.807, 2.05) is 6.07 Å². The highest BCUT2D eigenvalue weighted by molar-refractivity contribution is 14.1. The van der Waals surface area contributed by atoms with Gasteiger partial charge in [-0.3, -0.25) is 0 Å². The molecule has 2 aliphatic rings. The molecule has 5 rings (SSSR count). The third-order valence-corrected chi connectivity index (χ3v) is 11.1. The fourth-order valence-corrected chi connectivity index (χ4v) is 8.99. The number of anilines is 1. The maximum Gasteiger partial charge on any atom is 0.266 e. The predicted octanol–water partition coefficient (Wildman–Crippen LogP) is 4.05. The van der Waals surface area contributed by atoms with Crippen LogP contribution in [-0.2, 0) is 26.5 Å². The minimum absolute atomic E-state index is 0.225. The number of pyridine rings is 1. The second kappa shape index (κ2) is 8.64. The van der Waals surface area contributed by atoms with Crippen LogP contribution in [0.15, 0.2) is 76.7 Å². The molecule has 33 heavy (non-hydrogen) atoms. The molecule has 1 aromatic heterocycles. The molecule has 0 radical (unpaired) electrons. The van der Waals surface area contributed by atoms with E-state index in [1.54, 1.807) is 60.8 Å². The van der Waals surface area contributed by atoms with E-state index < -0.39 is 20.0 Å². The van der Waals surface area contributed by atoms with Crippen molar-refractivity contribution in [1.82, 2.24) is 9.29 Å². The lowest BCUT2D eigenvalue weighted by atomic mass is 10.0. The minimum Gasteiger partial charge on any atom is -0.238 e. The van der Waals surface area contributed by atoms with Crippen LogP contribution in [0.4, 0.5) is 5.82 Å². The van der Waals surface area contributed by atoms with Crippen LogP contribution >= 0.6 is 22.6 Å². The van der Waals surface area contributed by atoms with Gasteiger partial charge in [0.25, 0.3) is 10.0 Å². The Morgan fingerprint density at radius 2 is 1.45 bits per heavy atom. The molecule has 1 unspecified atom stereocenters. The molecule has 0 saturated carbocycles. The Hall–Kier alpha value is -2.02. The summed E-state index contributed by atoms with van der Waals surface area (Å²) in [6.45, 7) is 1.12. The maximum atomic E-state index is 13.3. The summed E-state index contributed by atoms with van der Waals surface area (Å²) >= 11 is 2.14. The first-order chi connectivity index (χ1) is 15.8. The van der Waals surface area contributed by atoms with Crippen molar-refractivity contribution >= 4 is 48.5 Å². The van der Waals surface area contributed by atoms with Crippen molar-refractivity contribution < 1.29 is 16.8 Å². The molecule has 0 amide bonds. The average molecular weight is 595 g/mol. The highest BCUT2D eigenvalue weighted by atomic mass is 127. The molecular weight excluding hydrogens is 573 g/mol. The zero-order chi connectivity index (χ0) is 23.2. The molecule has 2 aliphatic heterocycles. The molecule has 0 bridgehead atoms. The highest BCUT2D eigenvalue weighted by Gasteiger charge is 2.39. The van der Waals surface area contributed by atoms with E-state index in [0.29, 0.717) is 25.3 Å². The van der Waals surface area contributed by atoms with Gasteiger partial charge in [-0.25, -0.2) is 26.1 Å². The monoisotopic (exact) mass is 595 g/mol. The Morgan fingerprint density at radius 3 is 2.12 bits per heavy atom. The van der Waals surface area contributed by atoms with E-state index in [-0.39, 0.29) is 13.8 Å². The van der Waals surface area contributed by atoms with Crippen LogP contribution in [0.25, 0.3) is 11.1 Å². The van der Waals surface area contributed by atoms with E-state index in [1.165, 1.54) is 8.61 Å². The first kappa shape index (κ1) is 22.8. The van der Waals surface area contributed by atoms with Gasteiger partial charge in [-0.05, 0) is 54.3 Å². The van der Waals surface area contributed by atoms with Crippen LogP contribution in [-0.4, -0.2) is 43.3 Å². The molecule has 2 aromatic carbocycles. The smallest absolute Gasteiger partial charge is 0.238 e. The van der Waals surface area contributed by atoms with Gasteiger partial charge in [0.1, 0.15) is 9.87 Å². The molecular formula is C23H22IN3O4S2. The van der Waals surface area contributed by atoms with Crippen LogP contribution in [0.1, 0.15) is 18.4 Å². The van der Waals surface area contributed by atoms with E-state index in [0.717, 1.165) is 29.5 Å². The van der Waals surface area contributed by atoms with Crippen molar-refractivity contribution in [3.05, 3.63) is 72.4 Å². The van der Waals surface area contributed by atoms with E-state index in [4.69, 9.17) is 0 Å². The summed E-state index contributed by atoms with van der Waals surface area (Å²) in [7, 11) is -7.24. The summed E-state index contributed by atoms with van der Waals surface area (Å²) in [5, 5.41) is 0. The molecule has 1 fully saturated rings. The predicted molar refractivity (Wildman–Crippen MR) is 135 cm³/mol. The second-order valence-corrected chi connectivity index (χ2v) is 13.2. The summed E-state index contributed by atoms with van der Waals surface area (Å²) in [5.41, 5.74) is 2.53. The van der Waals surface area contributed by atoms with Gasteiger partial charge in [-0.2, -0.15) is 4.31 Å². The van der Waals surface area contributed by atoms with Crippen molar-refractivity contribution in [2.45, 2.75) is 33.1 Å². The number of hydrogen-bond donors (Lipinski definition) is 0. The molecule has 10 heteroatoms. The van der Waals surface area contributed by atoms with Crippen LogP contribution < -0.4 is 4.31 Å². The van der Waals surface area contributed by atoms with Crippen molar-refractivity contribution in [3.63, 3.8) is 0 Å². The zero-order valence-corrected chi connectivity index (χ0v) is 21.4. The number of aromatic nitrogens is 1. The van der Waals surface area contributed by atoms with E-state index >= 15 is 0 Å². The SMILES string of the molecule is O=S(=O)(c1ccc(-c2ccnc3c2CC(I)N3S(=O)(=O)c2ccccc2)cc1)N1CCCC1. The van der Waals surface area contributed by atoms with Gasteiger partial charge in [0, 0.05) is 31.3 Å². The first-order valence-corrected chi connectivity index (χ1v) is 14.7. The van der Waals surface area contributed by atoms with E-state index in [2.05, 4.69) is 27.6 Å². The van der Waals surface area contributed by atoms with E-state index in [9.17, 15) is 16.8 Å². The number of sulfonamides is 2. The van der Waals surface area contributed by atoms with Gasteiger partial charge in [-0.15, -0.1) is 0 Å².